The topological polar surface area (TPSA) is 12.0 Å². The van der Waals surface area contributed by atoms with Gasteiger partial charge < -0.3 is 5.32 Å². The van der Waals surface area contributed by atoms with Gasteiger partial charge in [0.1, 0.15) is 0 Å². The van der Waals surface area contributed by atoms with Gasteiger partial charge in [0.2, 0.25) is 0 Å². The molecule has 0 fully saturated rings. The SMILES string of the molecule is CCCNCCP(c1ccccc1)c1ccccc1. The van der Waals surface area contributed by atoms with Crippen molar-refractivity contribution in [3.8, 4) is 0 Å². The maximum absolute atomic E-state index is 3.52. The molecule has 19 heavy (non-hydrogen) atoms. The van der Waals surface area contributed by atoms with E-state index in [1.165, 1.54) is 23.2 Å². The van der Waals surface area contributed by atoms with Gasteiger partial charge in [-0.1, -0.05) is 67.6 Å². The molecule has 0 amide bonds. The number of rotatable bonds is 7. The van der Waals surface area contributed by atoms with Crippen LogP contribution in [0.1, 0.15) is 13.3 Å². The minimum absolute atomic E-state index is 0.230. The predicted octanol–water partition coefficient (Wildman–Crippen LogP) is 3.12. The Morgan fingerprint density at radius 1 is 0.789 bits per heavy atom. The van der Waals surface area contributed by atoms with Gasteiger partial charge in [-0.15, -0.1) is 0 Å². The van der Waals surface area contributed by atoms with Gasteiger partial charge in [0.15, 0.2) is 0 Å². The van der Waals surface area contributed by atoms with Crippen LogP contribution >= 0.6 is 7.92 Å². The maximum Gasteiger partial charge on any atom is -0.000347 e. The predicted molar refractivity (Wildman–Crippen MR) is 87.1 cm³/mol. The summed E-state index contributed by atoms with van der Waals surface area (Å²) in [6.07, 6.45) is 2.41. The van der Waals surface area contributed by atoms with Gasteiger partial charge >= 0.3 is 0 Å². The van der Waals surface area contributed by atoms with Crippen molar-refractivity contribution < 1.29 is 0 Å². The fourth-order valence-corrected chi connectivity index (χ4v) is 4.38. The van der Waals surface area contributed by atoms with Crippen LogP contribution in [0.4, 0.5) is 0 Å². The molecule has 0 aliphatic rings. The van der Waals surface area contributed by atoms with Crippen molar-refractivity contribution in [2.75, 3.05) is 19.3 Å². The lowest BCUT2D eigenvalue weighted by molar-refractivity contribution is 0.707. The Kier molecular flexibility index (Phi) is 6.07. The molecule has 0 saturated heterocycles. The molecule has 0 unspecified atom stereocenters. The summed E-state index contributed by atoms with van der Waals surface area (Å²) in [6.45, 7) is 4.43. The molecule has 2 aromatic rings. The van der Waals surface area contributed by atoms with Crippen LogP contribution in [-0.4, -0.2) is 19.3 Å². The first-order valence-corrected chi connectivity index (χ1v) is 8.53. The standard InChI is InChI=1S/C17H22NP/c1-2-13-18-14-15-19(16-9-5-3-6-10-16)17-11-7-4-8-12-17/h3-12,18H,2,13-15H2,1H3. The molecule has 1 nitrogen and oxygen atoms in total. The highest BCUT2D eigenvalue weighted by Crippen LogP contribution is 2.32. The van der Waals surface area contributed by atoms with E-state index in [2.05, 4.69) is 72.9 Å². The highest BCUT2D eigenvalue weighted by molar-refractivity contribution is 7.73. The van der Waals surface area contributed by atoms with Crippen LogP contribution in [-0.2, 0) is 0 Å². The molecular weight excluding hydrogens is 249 g/mol. The van der Waals surface area contributed by atoms with Crippen molar-refractivity contribution in [3.63, 3.8) is 0 Å². The van der Waals surface area contributed by atoms with Crippen molar-refractivity contribution >= 4 is 18.5 Å². The van der Waals surface area contributed by atoms with Crippen molar-refractivity contribution in [1.29, 1.82) is 0 Å². The molecule has 0 aliphatic heterocycles. The Morgan fingerprint density at radius 2 is 1.32 bits per heavy atom. The molecule has 0 saturated carbocycles. The monoisotopic (exact) mass is 271 g/mol. The Bertz CT molecular complexity index is 416. The molecule has 0 aromatic heterocycles. The molecule has 2 rings (SSSR count). The molecule has 1 N–H and O–H groups in total. The van der Waals surface area contributed by atoms with Crippen molar-refractivity contribution in [1.82, 2.24) is 5.32 Å². The summed E-state index contributed by atoms with van der Waals surface area (Å²) in [7, 11) is -0.230. The van der Waals surface area contributed by atoms with Crippen LogP contribution in [0.15, 0.2) is 60.7 Å². The Balaban J connectivity index is 2.10. The third-order valence-electron chi connectivity index (χ3n) is 3.07. The molecule has 2 aromatic carbocycles. The van der Waals surface area contributed by atoms with E-state index >= 15 is 0 Å². The molecule has 0 aliphatic carbocycles. The fourth-order valence-electron chi connectivity index (χ4n) is 2.12. The van der Waals surface area contributed by atoms with E-state index in [9.17, 15) is 0 Å². The third-order valence-corrected chi connectivity index (χ3v) is 5.59. The molecule has 0 bridgehead atoms. The molecule has 0 heterocycles. The van der Waals surface area contributed by atoms with E-state index in [-0.39, 0.29) is 7.92 Å². The summed E-state index contributed by atoms with van der Waals surface area (Å²) >= 11 is 0. The fraction of sp³-hybridized carbons (Fsp3) is 0.294. The van der Waals surface area contributed by atoms with Crippen molar-refractivity contribution in [3.05, 3.63) is 60.7 Å². The van der Waals surface area contributed by atoms with Crippen molar-refractivity contribution in [2.24, 2.45) is 0 Å². The summed E-state index contributed by atoms with van der Waals surface area (Å²) in [4.78, 5) is 0. The van der Waals surface area contributed by atoms with Gasteiger partial charge in [0, 0.05) is 0 Å². The third kappa shape index (κ3) is 4.45. The number of benzene rings is 2. The molecule has 0 radical (unpaired) electrons. The highest BCUT2D eigenvalue weighted by Gasteiger charge is 2.12. The highest BCUT2D eigenvalue weighted by atomic mass is 31.1. The van der Waals surface area contributed by atoms with E-state index in [1.807, 2.05) is 0 Å². The van der Waals surface area contributed by atoms with Gasteiger partial charge in [-0.05, 0) is 44.2 Å². The molecule has 0 atom stereocenters. The molecule has 2 heteroatoms. The minimum atomic E-state index is -0.230. The molecule has 100 valence electrons. The zero-order valence-corrected chi connectivity index (χ0v) is 12.4. The minimum Gasteiger partial charge on any atom is -0.316 e. The Hall–Kier alpha value is -1.17. The van der Waals surface area contributed by atoms with E-state index in [0.29, 0.717) is 0 Å². The second-order valence-electron chi connectivity index (χ2n) is 4.57. The normalized spacial score (nSPS) is 10.8. The summed E-state index contributed by atoms with van der Waals surface area (Å²) < 4.78 is 0. The number of hydrogen-bond donors (Lipinski definition) is 1. The van der Waals surface area contributed by atoms with Gasteiger partial charge in [0.25, 0.3) is 0 Å². The van der Waals surface area contributed by atoms with Crippen LogP contribution in [0.3, 0.4) is 0 Å². The van der Waals surface area contributed by atoms with Gasteiger partial charge in [0.05, 0.1) is 0 Å². The lowest BCUT2D eigenvalue weighted by Gasteiger charge is -2.19. The zero-order valence-electron chi connectivity index (χ0n) is 11.5. The maximum atomic E-state index is 3.52. The van der Waals surface area contributed by atoms with Crippen LogP contribution < -0.4 is 15.9 Å². The molecular formula is C17H22NP. The van der Waals surface area contributed by atoms with Gasteiger partial charge in [-0.2, -0.15) is 0 Å². The van der Waals surface area contributed by atoms with Crippen molar-refractivity contribution in [2.45, 2.75) is 13.3 Å². The summed E-state index contributed by atoms with van der Waals surface area (Å²) in [5.41, 5.74) is 0. The summed E-state index contributed by atoms with van der Waals surface area (Å²) in [5.74, 6) is 0. The Morgan fingerprint density at radius 3 is 1.79 bits per heavy atom. The first-order chi connectivity index (χ1) is 9.42. The van der Waals surface area contributed by atoms with E-state index in [0.717, 1.165) is 13.1 Å². The second-order valence-corrected chi connectivity index (χ2v) is 6.91. The first-order valence-electron chi connectivity index (χ1n) is 7.00. The lowest BCUT2D eigenvalue weighted by Crippen LogP contribution is -2.23. The van der Waals surface area contributed by atoms with Crippen LogP contribution in [0.2, 0.25) is 0 Å². The quantitative estimate of drug-likeness (QED) is 0.602. The molecule has 0 spiro atoms. The summed E-state index contributed by atoms with van der Waals surface area (Å²) in [6, 6.07) is 21.8. The van der Waals surface area contributed by atoms with Crippen LogP contribution in [0.25, 0.3) is 0 Å². The van der Waals surface area contributed by atoms with E-state index in [4.69, 9.17) is 0 Å². The second kappa shape index (κ2) is 8.09. The van der Waals surface area contributed by atoms with E-state index in [1.54, 1.807) is 0 Å². The van der Waals surface area contributed by atoms with Gasteiger partial charge in [-0.25, -0.2) is 0 Å². The van der Waals surface area contributed by atoms with Gasteiger partial charge in [-0.3, -0.25) is 0 Å². The first kappa shape index (κ1) is 14.2. The Labute approximate surface area is 117 Å². The summed E-state index contributed by atoms with van der Waals surface area (Å²) in [5, 5.41) is 6.47. The largest absolute Gasteiger partial charge is 0.316 e. The average molecular weight is 271 g/mol. The average Bonchev–Trinajstić information content (AvgIpc) is 2.49. The zero-order chi connectivity index (χ0) is 13.3. The number of nitrogens with one attached hydrogen (secondary N) is 1. The lowest BCUT2D eigenvalue weighted by atomic mass is 10.4. The van der Waals surface area contributed by atoms with Crippen LogP contribution in [0.5, 0.6) is 0 Å². The van der Waals surface area contributed by atoms with E-state index < -0.39 is 0 Å². The number of hydrogen-bond acceptors (Lipinski definition) is 1. The van der Waals surface area contributed by atoms with Crippen LogP contribution in [0, 0.1) is 0 Å². The smallest absolute Gasteiger partial charge is 0.000347 e.